The third kappa shape index (κ3) is 5.71. The van der Waals surface area contributed by atoms with E-state index in [4.69, 9.17) is 4.42 Å². The van der Waals surface area contributed by atoms with Gasteiger partial charge in [0.15, 0.2) is 5.76 Å². The number of benzene rings is 2. The van der Waals surface area contributed by atoms with Gasteiger partial charge in [-0.25, -0.2) is 0 Å². The van der Waals surface area contributed by atoms with Crippen molar-refractivity contribution in [3.8, 4) is 11.3 Å². The number of sulfonamides is 1. The first-order valence-corrected chi connectivity index (χ1v) is 13.9. The Hall–Kier alpha value is -3.65. The number of halogens is 4. The molecule has 0 radical (unpaired) electrons. The molecule has 4 rings (SSSR count). The van der Waals surface area contributed by atoms with Crippen LogP contribution in [-0.2, 0) is 23.0 Å². The van der Waals surface area contributed by atoms with Gasteiger partial charge in [0.05, 0.1) is 10.2 Å². The quantitative estimate of drug-likeness (QED) is 0.282. The number of alkyl halides is 3. The number of nitrogens with zero attached hydrogens (tertiary/aromatic N) is 2. The molecule has 0 unspecified atom stereocenters. The number of anilines is 1. The van der Waals surface area contributed by atoms with Crippen LogP contribution in [0.2, 0.25) is 0 Å². The Kier molecular flexibility index (Phi) is 7.89. The lowest BCUT2D eigenvalue weighted by Gasteiger charge is -2.16. The van der Waals surface area contributed by atoms with E-state index in [1.807, 2.05) is 6.92 Å². The van der Waals surface area contributed by atoms with Crippen LogP contribution >= 0.6 is 15.9 Å². The maximum absolute atomic E-state index is 13.0. The molecule has 1 amide bonds. The molecule has 0 saturated heterocycles. The van der Waals surface area contributed by atoms with Gasteiger partial charge in [-0.05, 0) is 52.2 Å². The molecule has 0 aliphatic carbocycles. The predicted octanol–water partition coefficient (Wildman–Crippen LogP) is 5.04. The van der Waals surface area contributed by atoms with Gasteiger partial charge >= 0.3 is 15.5 Å². The van der Waals surface area contributed by atoms with Crippen LogP contribution in [0.5, 0.6) is 0 Å². The van der Waals surface area contributed by atoms with Crippen molar-refractivity contribution < 1.29 is 30.8 Å². The Morgan fingerprint density at radius 1 is 1.15 bits per heavy atom. The molecule has 39 heavy (non-hydrogen) atoms. The van der Waals surface area contributed by atoms with Crippen molar-refractivity contribution in [2.75, 3.05) is 11.8 Å². The number of nitrogens with one attached hydrogen (secondary N) is 2. The molecule has 9 nitrogen and oxygen atoms in total. The van der Waals surface area contributed by atoms with Crippen molar-refractivity contribution in [3.63, 3.8) is 0 Å². The first kappa shape index (κ1) is 28.4. The van der Waals surface area contributed by atoms with E-state index in [1.54, 1.807) is 27.5 Å². The Labute approximate surface area is 229 Å². The lowest BCUT2D eigenvalue weighted by molar-refractivity contribution is -0.0429. The molecule has 4 aromatic rings. The van der Waals surface area contributed by atoms with E-state index >= 15 is 0 Å². The number of hydrogen-bond donors (Lipinski definition) is 2. The molecule has 0 atom stereocenters. The molecular weight excluding hydrogens is 605 g/mol. The first-order chi connectivity index (χ1) is 18.4. The van der Waals surface area contributed by atoms with Crippen LogP contribution in [0.25, 0.3) is 22.3 Å². The summed E-state index contributed by atoms with van der Waals surface area (Å²) in [5.74, 6) is 0.115. The monoisotopic (exact) mass is 626 g/mol. The number of rotatable bonds is 8. The van der Waals surface area contributed by atoms with E-state index in [1.165, 1.54) is 37.4 Å². The largest absolute Gasteiger partial charge is 0.516 e. The van der Waals surface area contributed by atoms with Gasteiger partial charge in [-0.3, -0.25) is 14.3 Å². The van der Waals surface area contributed by atoms with Crippen LogP contribution in [-0.4, -0.2) is 36.4 Å². The average Bonchev–Trinajstić information content (AvgIpc) is 3.20. The van der Waals surface area contributed by atoms with Gasteiger partial charge in [0.25, 0.3) is 11.5 Å². The number of hydrogen-bond acceptors (Lipinski definition) is 6. The topological polar surface area (TPSA) is 123 Å². The average molecular weight is 627 g/mol. The minimum atomic E-state index is -5.66. The van der Waals surface area contributed by atoms with E-state index in [0.717, 1.165) is 5.56 Å². The van der Waals surface area contributed by atoms with Gasteiger partial charge in [0.2, 0.25) is 0 Å². The van der Waals surface area contributed by atoms with Crippen molar-refractivity contribution in [2.45, 2.75) is 31.8 Å². The first-order valence-electron chi connectivity index (χ1n) is 11.6. The second-order valence-electron chi connectivity index (χ2n) is 8.48. The number of aromatic nitrogens is 2. The number of aryl methyl sites for hydroxylation is 1. The normalized spacial score (nSPS) is 12.1. The number of carbonyl (C=O) groups is 1. The van der Waals surface area contributed by atoms with Gasteiger partial charge < -0.3 is 14.3 Å². The minimum absolute atomic E-state index is 0.0895. The molecule has 0 aliphatic heterocycles. The molecule has 0 aliphatic rings. The van der Waals surface area contributed by atoms with Gasteiger partial charge in [0.1, 0.15) is 17.1 Å². The highest BCUT2D eigenvalue weighted by Gasteiger charge is 2.46. The zero-order chi connectivity index (χ0) is 28.5. The molecule has 2 aromatic carbocycles. The number of para-hydroxylation sites is 1. The smallest absolute Gasteiger partial charge is 0.455 e. The lowest BCUT2D eigenvalue weighted by atomic mass is 10.1. The lowest BCUT2D eigenvalue weighted by Crippen LogP contribution is -2.30. The van der Waals surface area contributed by atoms with Crippen LogP contribution in [0.3, 0.4) is 0 Å². The highest BCUT2D eigenvalue weighted by atomic mass is 79.9. The van der Waals surface area contributed by atoms with E-state index in [0.29, 0.717) is 34.1 Å². The highest BCUT2D eigenvalue weighted by molar-refractivity contribution is 9.10. The van der Waals surface area contributed by atoms with E-state index < -0.39 is 27.0 Å². The Bertz CT molecular complexity index is 1730. The van der Waals surface area contributed by atoms with Gasteiger partial charge in [-0.15, -0.1) is 0 Å². The third-order valence-electron chi connectivity index (χ3n) is 5.79. The summed E-state index contributed by atoms with van der Waals surface area (Å²) in [6.45, 7) is 2.11. The fourth-order valence-electron chi connectivity index (χ4n) is 4.00. The van der Waals surface area contributed by atoms with Crippen LogP contribution < -0.4 is 15.6 Å². The van der Waals surface area contributed by atoms with Crippen molar-refractivity contribution in [3.05, 3.63) is 80.4 Å². The summed E-state index contributed by atoms with van der Waals surface area (Å²) in [6, 6.07) is 11.9. The summed E-state index contributed by atoms with van der Waals surface area (Å²) >= 11 is 3.44. The number of fused-ring (bicyclic) bond motifs is 1. The molecule has 206 valence electrons. The maximum atomic E-state index is 13.0. The molecular formula is C25H22BrF3N4O5S. The summed E-state index contributed by atoms with van der Waals surface area (Å²) in [7, 11) is -4.20. The minimum Gasteiger partial charge on any atom is -0.455 e. The zero-order valence-electron chi connectivity index (χ0n) is 20.6. The molecule has 0 bridgehead atoms. The molecule has 0 saturated carbocycles. The van der Waals surface area contributed by atoms with Crippen LogP contribution in [0.1, 0.15) is 35.2 Å². The van der Waals surface area contributed by atoms with Gasteiger partial charge in [-0.2, -0.15) is 26.6 Å². The molecule has 0 fully saturated rings. The summed E-state index contributed by atoms with van der Waals surface area (Å²) in [5.41, 5.74) is -4.99. The van der Waals surface area contributed by atoms with Crippen molar-refractivity contribution in [1.29, 1.82) is 0 Å². The number of carbonyl (C=O) groups excluding carboxylic acids is 1. The summed E-state index contributed by atoms with van der Waals surface area (Å²) in [4.78, 5) is 28.7. The van der Waals surface area contributed by atoms with Gasteiger partial charge in [0, 0.05) is 37.0 Å². The van der Waals surface area contributed by atoms with E-state index in [2.05, 4.69) is 26.2 Å². The summed E-state index contributed by atoms with van der Waals surface area (Å²) in [6.07, 6.45) is 1.16. The Morgan fingerprint density at radius 2 is 1.87 bits per heavy atom. The highest BCUT2D eigenvalue weighted by Crippen LogP contribution is 2.41. The van der Waals surface area contributed by atoms with Crippen LogP contribution in [0, 0.1) is 0 Å². The fourth-order valence-corrected chi connectivity index (χ4v) is 5.19. The summed E-state index contributed by atoms with van der Waals surface area (Å²) < 4.78 is 72.0. The maximum Gasteiger partial charge on any atom is 0.516 e. The predicted molar refractivity (Wildman–Crippen MR) is 143 cm³/mol. The molecule has 2 N–H and O–H groups in total. The van der Waals surface area contributed by atoms with Crippen molar-refractivity contribution in [1.82, 2.24) is 14.9 Å². The third-order valence-corrected chi connectivity index (χ3v) is 7.67. The molecule has 0 spiro atoms. The molecule has 2 aromatic heterocycles. The Morgan fingerprint density at radius 3 is 2.54 bits per heavy atom. The number of amides is 1. The second-order valence-corrected chi connectivity index (χ2v) is 11.0. The Balaban J connectivity index is 1.79. The molecule has 2 heterocycles. The van der Waals surface area contributed by atoms with E-state index in [9.17, 15) is 31.2 Å². The summed E-state index contributed by atoms with van der Waals surface area (Å²) in [5, 5.41) is 3.09. The second kappa shape index (κ2) is 10.8. The number of furan rings is 1. The van der Waals surface area contributed by atoms with Crippen molar-refractivity contribution >= 4 is 48.5 Å². The molecule has 14 heteroatoms. The standard InChI is InChI=1S/C25H22BrF3N4O5S/c1-3-6-20-31-21(34)12-18(24(35)30-2)33(20)13-14-9-10-19-16(11-14)22(26)23(38-19)15-7-4-5-8-17(15)32-39(36,37)25(27,28)29/h4-5,7-12,32H,3,6,13H2,1-2H3,(H,30,35). The van der Waals surface area contributed by atoms with Crippen LogP contribution in [0.4, 0.5) is 18.9 Å². The zero-order valence-corrected chi connectivity index (χ0v) is 23.0. The van der Waals surface area contributed by atoms with Crippen molar-refractivity contribution in [2.24, 2.45) is 0 Å². The fraction of sp³-hybridized carbons (Fsp3) is 0.240. The van der Waals surface area contributed by atoms with Gasteiger partial charge in [-0.1, -0.05) is 25.1 Å². The van der Waals surface area contributed by atoms with Crippen LogP contribution in [0.15, 0.2) is 62.2 Å². The van der Waals surface area contributed by atoms with E-state index in [-0.39, 0.29) is 29.2 Å². The SMILES string of the molecule is CCCc1nc(=O)cc(C(=O)NC)n1Cc1ccc2oc(-c3ccccc3NS(=O)(=O)C(F)(F)F)c(Br)c2c1.